The van der Waals surface area contributed by atoms with E-state index in [1.54, 1.807) is 7.11 Å². The molecule has 1 aromatic rings. The van der Waals surface area contributed by atoms with Crippen molar-refractivity contribution in [3.8, 4) is 5.75 Å². The van der Waals surface area contributed by atoms with E-state index in [9.17, 15) is 0 Å². The molecule has 13 heavy (non-hydrogen) atoms. The van der Waals surface area contributed by atoms with Crippen LogP contribution in [-0.4, -0.2) is 7.11 Å². The number of hydrogen-bond acceptors (Lipinski definition) is 2. The summed E-state index contributed by atoms with van der Waals surface area (Å²) in [5.74, 6) is 0.763. The minimum absolute atomic E-state index is 0. The number of hydrogen-bond donors (Lipinski definition) is 1. The average Bonchev–Trinajstić information content (AvgIpc) is 2.53. The summed E-state index contributed by atoms with van der Waals surface area (Å²) in [5, 5.41) is 3.99. The molecule has 1 aromatic carbocycles. The maximum Gasteiger partial charge on any atom is 0.137 e. The lowest BCUT2D eigenvalue weighted by atomic mass is 10.1. The van der Waals surface area contributed by atoms with Crippen molar-refractivity contribution in [2.24, 2.45) is 0 Å². The molecule has 1 N–H and O–H groups in total. The van der Waals surface area contributed by atoms with Crippen molar-refractivity contribution in [3.05, 3.63) is 28.3 Å². The summed E-state index contributed by atoms with van der Waals surface area (Å²) in [6.07, 6.45) is 0. The van der Waals surface area contributed by atoms with Crippen LogP contribution in [0.2, 0.25) is 5.02 Å². The van der Waals surface area contributed by atoms with E-state index < -0.39 is 0 Å². The topological polar surface area (TPSA) is 21.3 Å². The third-order valence-electron chi connectivity index (χ3n) is 2.14. The summed E-state index contributed by atoms with van der Waals surface area (Å²) >= 11 is 6.09. The van der Waals surface area contributed by atoms with Crippen LogP contribution in [0.3, 0.4) is 0 Å². The van der Waals surface area contributed by atoms with Gasteiger partial charge in [-0.2, -0.15) is 0 Å². The van der Waals surface area contributed by atoms with Gasteiger partial charge >= 0.3 is 0 Å². The second-order valence-corrected chi connectivity index (χ2v) is 3.20. The highest BCUT2D eigenvalue weighted by Gasteiger charge is 2.15. The molecule has 72 valence electrons. The molecule has 0 amide bonds. The summed E-state index contributed by atoms with van der Waals surface area (Å²) in [6, 6.07) is 3.97. The van der Waals surface area contributed by atoms with Gasteiger partial charge in [-0.3, -0.25) is 0 Å². The van der Waals surface area contributed by atoms with Crippen LogP contribution in [0.25, 0.3) is 0 Å². The van der Waals surface area contributed by atoms with Crippen molar-refractivity contribution in [2.45, 2.75) is 13.1 Å². The molecular weight excluding hydrogens is 209 g/mol. The first kappa shape index (κ1) is 10.6. The first-order valence-corrected chi connectivity index (χ1v) is 4.25. The molecule has 1 aliphatic heterocycles. The van der Waals surface area contributed by atoms with E-state index in [1.165, 1.54) is 11.1 Å². The summed E-state index contributed by atoms with van der Waals surface area (Å²) in [6.45, 7) is 1.77. The summed E-state index contributed by atoms with van der Waals surface area (Å²) in [4.78, 5) is 0. The van der Waals surface area contributed by atoms with Gasteiger partial charge in [0.2, 0.25) is 0 Å². The molecule has 0 saturated carbocycles. The van der Waals surface area contributed by atoms with E-state index in [4.69, 9.17) is 16.3 Å². The molecule has 0 fully saturated rings. The largest absolute Gasteiger partial charge is 0.495 e. The lowest BCUT2D eigenvalue weighted by Crippen LogP contribution is -2.00. The summed E-state index contributed by atoms with van der Waals surface area (Å²) in [5.41, 5.74) is 2.46. The van der Waals surface area contributed by atoms with Crippen molar-refractivity contribution < 1.29 is 4.74 Å². The number of rotatable bonds is 1. The molecule has 0 bridgehead atoms. The molecule has 0 spiro atoms. The fraction of sp³-hybridized carbons (Fsp3) is 0.333. The Kier molecular flexibility index (Phi) is 3.42. The van der Waals surface area contributed by atoms with Crippen LogP contribution in [0.1, 0.15) is 11.1 Å². The second kappa shape index (κ2) is 4.18. The zero-order chi connectivity index (χ0) is 8.55. The number of nitrogens with one attached hydrogen (secondary N) is 1. The maximum absolute atomic E-state index is 6.09. The Balaban J connectivity index is 0.000000845. The summed E-state index contributed by atoms with van der Waals surface area (Å²) < 4.78 is 5.11. The van der Waals surface area contributed by atoms with E-state index in [-0.39, 0.29) is 12.4 Å². The summed E-state index contributed by atoms with van der Waals surface area (Å²) in [7, 11) is 1.63. The van der Waals surface area contributed by atoms with Gasteiger partial charge in [0.1, 0.15) is 5.75 Å². The van der Waals surface area contributed by atoms with Crippen molar-refractivity contribution in [2.75, 3.05) is 7.11 Å². The molecular formula is C9H11Cl2NO. The van der Waals surface area contributed by atoms with Gasteiger partial charge in [-0.05, 0) is 17.2 Å². The van der Waals surface area contributed by atoms with Gasteiger partial charge in [0.15, 0.2) is 0 Å². The SMILES string of the molecule is COc1ccc2c(c1Cl)CNC2.Cl. The van der Waals surface area contributed by atoms with E-state index in [2.05, 4.69) is 11.4 Å². The Morgan fingerprint density at radius 2 is 2.15 bits per heavy atom. The minimum Gasteiger partial charge on any atom is -0.495 e. The Morgan fingerprint density at radius 1 is 1.38 bits per heavy atom. The van der Waals surface area contributed by atoms with Gasteiger partial charge < -0.3 is 10.1 Å². The fourth-order valence-corrected chi connectivity index (χ4v) is 1.80. The van der Waals surface area contributed by atoms with Crippen LogP contribution in [0.15, 0.2) is 12.1 Å². The van der Waals surface area contributed by atoms with Gasteiger partial charge in [-0.15, -0.1) is 12.4 Å². The quantitative estimate of drug-likeness (QED) is 0.784. The molecule has 0 aliphatic carbocycles. The van der Waals surface area contributed by atoms with Gasteiger partial charge in [0, 0.05) is 13.1 Å². The predicted molar refractivity (Wildman–Crippen MR) is 55.8 cm³/mol. The first-order valence-electron chi connectivity index (χ1n) is 3.88. The molecule has 1 aliphatic rings. The first-order chi connectivity index (χ1) is 5.83. The highest BCUT2D eigenvalue weighted by Crippen LogP contribution is 2.32. The lowest BCUT2D eigenvalue weighted by Gasteiger charge is -2.06. The van der Waals surface area contributed by atoms with Crippen LogP contribution in [0.5, 0.6) is 5.75 Å². The Morgan fingerprint density at radius 3 is 2.85 bits per heavy atom. The highest BCUT2D eigenvalue weighted by molar-refractivity contribution is 6.33. The molecule has 2 nitrogen and oxygen atoms in total. The lowest BCUT2D eigenvalue weighted by molar-refractivity contribution is 0.414. The number of halogens is 2. The smallest absolute Gasteiger partial charge is 0.137 e. The van der Waals surface area contributed by atoms with E-state index in [0.29, 0.717) is 0 Å². The van der Waals surface area contributed by atoms with Crippen LogP contribution >= 0.6 is 24.0 Å². The second-order valence-electron chi connectivity index (χ2n) is 2.82. The Hall–Kier alpha value is -0.440. The van der Waals surface area contributed by atoms with Crippen molar-refractivity contribution in [1.82, 2.24) is 5.32 Å². The number of fused-ring (bicyclic) bond motifs is 1. The van der Waals surface area contributed by atoms with E-state index in [1.807, 2.05) is 6.07 Å². The van der Waals surface area contributed by atoms with E-state index in [0.717, 1.165) is 23.9 Å². The van der Waals surface area contributed by atoms with Crippen molar-refractivity contribution in [1.29, 1.82) is 0 Å². The molecule has 0 saturated heterocycles. The number of ether oxygens (including phenoxy) is 1. The Bertz CT molecular complexity index is 315. The fourth-order valence-electron chi connectivity index (χ4n) is 1.48. The predicted octanol–water partition coefficient (Wildman–Crippen LogP) is 2.37. The highest BCUT2D eigenvalue weighted by atomic mass is 35.5. The van der Waals surface area contributed by atoms with Crippen LogP contribution in [0.4, 0.5) is 0 Å². The zero-order valence-electron chi connectivity index (χ0n) is 7.26. The normalized spacial score (nSPS) is 13.4. The number of benzene rings is 1. The van der Waals surface area contributed by atoms with Gasteiger partial charge in [-0.1, -0.05) is 17.7 Å². The minimum atomic E-state index is 0. The molecule has 2 rings (SSSR count). The Labute approximate surface area is 88.6 Å². The van der Waals surface area contributed by atoms with Crippen LogP contribution in [0, 0.1) is 0 Å². The van der Waals surface area contributed by atoms with Crippen molar-refractivity contribution >= 4 is 24.0 Å². The van der Waals surface area contributed by atoms with Crippen LogP contribution < -0.4 is 10.1 Å². The van der Waals surface area contributed by atoms with Gasteiger partial charge in [0.25, 0.3) is 0 Å². The van der Waals surface area contributed by atoms with Crippen molar-refractivity contribution in [3.63, 3.8) is 0 Å². The third-order valence-corrected chi connectivity index (χ3v) is 2.56. The molecule has 0 aromatic heterocycles. The third kappa shape index (κ3) is 1.75. The van der Waals surface area contributed by atoms with Gasteiger partial charge in [0.05, 0.1) is 12.1 Å². The van der Waals surface area contributed by atoms with Crippen LogP contribution in [-0.2, 0) is 13.1 Å². The van der Waals surface area contributed by atoms with Gasteiger partial charge in [-0.25, -0.2) is 0 Å². The van der Waals surface area contributed by atoms with E-state index >= 15 is 0 Å². The molecule has 0 radical (unpaired) electrons. The average molecular weight is 220 g/mol. The molecule has 1 heterocycles. The molecule has 0 unspecified atom stereocenters. The monoisotopic (exact) mass is 219 g/mol. The maximum atomic E-state index is 6.09. The standard InChI is InChI=1S/C9H10ClNO.ClH/c1-12-8-3-2-6-4-11-5-7(6)9(8)10;/h2-3,11H,4-5H2,1H3;1H. The number of methoxy groups -OCH3 is 1. The molecule has 4 heteroatoms. The zero-order valence-corrected chi connectivity index (χ0v) is 8.84. The molecule has 0 atom stereocenters.